The van der Waals surface area contributed by atoms with Gasteiger partial charge in [0.25, 0.3) is 0 Å². The zero-order valence-corrected chi connectivity index (χ0v) is 10.5. The minimum atomic E-state index is -0.877. The number of fused-ring (bicyclic) bond motifs is 1. The van der Waals surface area contributed by atoms with E-state index in [1.165, 1.54) is 0 Å². The molecule has 0 bridgehead atoms. The molecule has 0 aliphatic heterocycles. The molecule has 5 nitrogen and oxygen atoms in total. The van der Waals surface area contributed by atoms with Crippen molar-refractivity contribution in [2.45, 2.75) is 6.04 Å². The molecule has 1 N–H and O–H groups in total. The van der Waals surface area contributed by atoms with Crippen LogP contribution < -0.4 is 0 Å². The van der Waals surface area contributed by atoms with E-state index in [0.717, 1.165) is 0 Å². The molecule has 5 heteroatoms. The summed E-state index contributed by atoms with van der Waals surface area (Å²) in [6.07, 6.45) is 0. The Bertz CT molecular complexity index is 708. The predicted octanol–water partition coefficient (Wildman–Crippen LogP) is 3.21. The van der Waals surface area contributed by atoms with Crippen LogP contribution >= 0.6 is 0 Å². The van der Waals surface area contributed by atoms with Gasteiger partial charge in [0.2, 0.25) is 0 Å². The number of rotatable bonds is 2. The second kappa shape index (κ2) is 5.05. The van der Waals surface area contributed by atoms with Gasteiger partial charge in [-0.2, -0.15) is 10.2 Å². The van der Waals surface area contributed by atoms with E-state index in [2.05, 4.69) is 15.4 Å². The summed E-state index contributed by atoms with van der Waals surface area (Å²) in [5, 5.41) is 20.4. The van der Waals surface area contributed by atoms with Crippen molar-refractivity contribution >= 4 is 17.2 Å². The van der Waals surface area contributed by atoms with E-state index in [1.54, 1.807) is 36.4 Å². The Morgan fingerprint density at radius 3 is 2.25 bits per heavy atom. The van der Waals surface area contributed by atoms with Crippen LogP contribution in [0.5, 0.6) is 0 Å². The van der Waals surface area contributed by atoms with Gasteiger partial charge in [0.1, 0.15) is 5.71 Å². The number of benzene rings is 2. The molecule has 0 saturated carbocycles. The van der Waals surface area contributed by atoms with Crippen LogP contribution in [0.4, 0.5) is 5.69 Å². The lowest BCUT2D eigenvalue weighted by Gasteiger charge is -2.00. The van der Waals surface area contributed by atoms with Crippen LogP contribution in [0.3, 0.4) is 0 Å². The van der Waals surface area contributed by atoms with Gasteiger partial charge >= 0.3 is 0 Å². The summed E-state index contributed by atoms with van der Waals surface area (Å²) >= 11 is 0. The minimum Gasteiger partial charge on any atom is -0.411 e. The maximum atomic E-state index is 12.2. The van der Waals surface area contributed by atoms with Crippen molar-refractivity contribution in [1.82, 2.24) is 0 Å². The molecule has 0 spiro atoms. The molecule has 0 fully saturated rings. The third-order valence-corrected chi connectivity index (χ3v) is 3.13. The number of oxime groups is 1. The largest absolute Gasteiger partial charge is 0.411 e. The molecule has 0 saturated heterocycles. The fraction of sp³-hybridized carbons (Fsp3) is 0.0667. The molecule has 1 aliphatic rings. The first-order chi connectivity index (χ1) is 9.81. The van der Waals surface area contributed by atoms with E-state index < -0.39 is 6.04 Å². The van der Waals surface area contributed by atoms with Gasteiger partial charge in [-0.1, -0.05) is 47.6 Å². The van der Waals surface area contributed by atoms with Crippen LogP contribution in [0.1, 0.15) is 15.9 Å². The van der Waals surface area contributed by atoms with Crippen LogP contribution in [-0.4, -0.2) is 22.7 Å². The topological polar surface area (TPSA) is 74.4 Å². The van der Waals surface area contributed by atoms with Crippen molar-refractivity contribution in [1.29, 1.82) is 0 Å². The molecule has 2 aromatic rings. The smallest absolute Gasteiger partial charge is 0.196 e. The lowest BCUT2D eigenvalue weighted by Crippen LogP contribution is -2.19. The maximum Gasteiger partial charge on any atom is 0.196 e. The zero-order chi connectivity index (χ0) is 13.9. The monoisotopic (exact) mass is 265 g/mol. The second-order valence-electron chi connectivity index (χ2n) is 4.35. The van der Waals surface area contributed by atoms with E-state index in [1.807, 2.05) is 18.2 Å². The van der Waals surface area contributed by atoms with Gasteiger partial charge in [-0.3, -0.25) is 4.79 Å². The first-order valence-corrected chi connectivity index (χ1v) is 6.12. The van der Waals surface area contributed by atoms with Crippen molar-refractivity contribution in [3.8, 4) is 0 Å². The highest BCUT2D eigenvalue weighted by molar-refractivity contribution is 6.31. The Labute approximate surface area is 115 Å². The molecular weight excluding hydrogens is 254 g/mol. The molecule has 2 aromatic carbocycles. The first-order valence-electron chi connectivity index (χ1n) is 6.12. The van der Waals surface area contributed by atoms with Crippen LogP contribution in [0.15, 0.2) is 70.0 Å². The molecule has 0 heterocycles. The number of carbonyl (C=O) groups excluding carboxylic acids is 1. The molecule has 0 radical (unpaired) electrons. The summed E-state index contributed by atoms with van der Waals surface area (Å²) in [6, 6.07) is 15.2. The summed E-state index contributed by atoms with van der Waals surface area (Å²) in [6.45, 7) is 0. The van der Waals surface area contributed by atoms with Crippen LogP contribution in [-0.2, 0) is 0 Å². The number of hydrogen-bond donors (Lipinski definition) is 1. The molecule has 0 amide bonds. The summed E-state index contributed by atoms with van der Waals surface area (Å²) in [4.78, 5) is 12.2. The maximum absolute atomic E-state index is 12.2. The van der Waals surface area contributed by atoms with Gasteiger partial charge in [-0.15, -0.1) is 0 Å². The van der Waals surface area contributed by atoms with E-state index in [0.29, 0.717) is 16.8 Å². The van der Waals surface area contributed by atoms with E-state index >= 15 is 0 Å². The van der Waals surface area contributed by atoms with Gasteiger partial charge in [-0.25, -0.2) is 0 Å². The highest BCUT2D eigenvalue weighted by atomic mass is 16.4. The van der Waals surface area contributed by atoms with Crippen LogP contribution in [0.2, 0.25) is 0 Å². The summed E-state index contributed by atoms with van der Waals surface area (Å²) in [7, 11) is 0. The Morgan fingerprint density at radius 2 is 1.55 bits per heavy atom. The Hall–Kier alpha value is -2.82. The van der Waals surface area contributed by atoms with Crippen molar-refractivity contribution in [3.63, 3.8) is 0 Å². The zero-order valence-electron chi connectivity index (χ0n) is 10.5. The molecular formula is C15H11N3O2. The average Bonchev–Trinajstić information content (AvgIpc) is 2.78. The van der Waals surface area contributed by atoms with Crippen molar-refractivity contribution in [3.05, 3.63) is 65.7 Å². The van der Waals surface area contributed by atoms with Gasteiger partial charge < -0.3 is 5.21 Å². The number of nitrogens with zero attached hydrogens (tertiary/aromatic N) is 3. The lowest BCUT2D eigenvalue weighted by molar-refractivity contribution is 0.0988. The fourth-order valence-corrected chi connectivity index (χ4v) is 2.17. The van der Waals surface area contributed by atoms with Crippen molar-refractivity contribution in [2.24, 2.45) is 15.4 Å². The molecule has 98 valence electrons. The Morgan fingerprint density at radius 1 is 0.900 bits per heavy atom. The highest BCUT2D eigenvalue weighted by Crippen LogP contribution is 2.26. The molecule has 1 aliphatic carbocycles. The Balaban J connectivity index is 1.96. The normalized spacial score (nSPS) is 19.7. The van der Waals surface area contributed by atoms with Gasteiger partial charge in [0.15, 0.2) is 11.8 Å². The molecule has 0 aromatic heterocycles. The third kappa shape index (κ3) is 1.99. The van der Waals surface area contributed by atoms with E-state index in [-0.39, 0.29) is 11.5 Å². The SMILES string of the molecule is O=C1c2ccccc2/C(=N/O)C1N=Nc1ccccc1. The number of Topliss-reactive ketones (excluding diaryl/α,β-unsaturated/α-hetero) is 1. The molecule has 1 unspecified atom stereocenters. The second-order valence-corrected chi connectivity index (χ2v) is 4.35. The first kappa shape index (κ1) is 12.2. The van der Waals surface area contributed by atoms with E-state index in [9.17, 15) is 4.79 Å². The number of carbonyl (C=O) groups is 1. The fourth-order valence-electron chi connectivity index (χ4n) is 2.17. The summed E-state index contributed by atoms with van der Waals surface area (Å²) in [5.74, 6) is -0.201. The van der Waals surface area contributed by atoms with Crippen LogP contribution in [0.25, 0.3) is 0 Å². The van der Waals surface area contributed by atoms with Crippen molar-refractivity contribution < 1.29 is 10.0 Å². The molecule has 20 heavy (non-hydrogen) atoms. The Kier molecular flexibility index (Phi) is 3.09. The molecule has 3 rings (SSSR count). The highest BCUT2D eigenvalue weighted by Gasteiger charge is 2.37. The number of ketones is 1. The van der Waals surface area contributed by atoms with Gasteiger partial charge in [-0.05, 0) is 12.1 Å². The third-order valence-electron chi connectivity index (χ3n) is 3.13. The number of hydrogen-bond acceptors (Lipinski definition) is 5. The predicted molar refractivity (Wildman–Crippen MR) is 73.8 cm³/mol. The minimum absolute atomic E-state index is 0.201. The van der Waals surface area contributed by atoms with Gasteiger partial charge in [0.05, 0.1) is 5.69 Å². The number of azo groups is 1. The standard InChI is InChI=1S/C15H11N3O2/c19-15-12-9-5-4-8-11(12)13(18-20)14(15)17-16-10-6-2-1-3-7-10/h1-9,14,20H/b17-16?,18-13-. The van der Waals surface area contributed by atoms with Crippen LogP contribution in [0, 0.1) is 0 Å². The lowest BCUT2D eigenvalue weighted by atomic mass is 10.1. The van der Waals surface area contributed by atoms with Crippen molar-refractivity contribution in [2.75, 3.05) is 0 Å². The molecule has 1 atom stereocenters. The quantitative estimate of drug-likeness (QED) is 0.514. The summed E-state index contributed by atoms with van der Waals surface area (Å²) in [5.41, 5.74) is 2.01. The average molecular weight is 265 g/mol. The van der Waals surface area contributed by atoms with Gasteiger partial charge in [0, 0.05) is 11.1 Å². The summed E-state index contributed by atoms with van der Waals surface area (Å²) < 4.78 is 0. The van der Waals surface area contributed by atoms with E-state index in [4.69, 9.17) is 5.21 Å².